The highest BCUT2D eigenvalue weighted by molar-refractivity contribution is 7.09. The van der Waals surface area contributed by atoms with Gasteiger partial charge in [-0.2, -0.15) is 4.37 Å². The monoisotopic (exact) mass is 421 g/mol. The standard InChI is InChI=1S/C21H32FN5OS/c1-5-27(6-2)13-7-8-16(3)23-20(28)15-26(4)21-24-19(25-29-21)14-17-9-11-18(22)12-10-17/h9-12,16H,5-8,13-15H2,1-4H3,(H,23,28). The molecule has 0 aliphatic carbocycles. The van der Waals surface area contributed by atoms with E-state index in [0.29, 0.717) is 17.4 Å². The van der Waals surface area contributed by atoms with Crippen molar-refractivity contribution < 1.29 is 9.18 Å². The van der Waals surface area contributed by atoms with Gasteiger partial charge in [0.05, 0.1) is 6.54 Å². The Balaban J connectivity index is 1.76. The summed E-state index contributed by atoms with van der Waals surface area (Å²) in [4.78, 5) is 21.0. The Morgan fingerprint density at radius 2 is 1.93 bits per heavy atom. The molecule has 0 aliphatic heterocycles. The van der Waals surface area contributed by atoms with Crippen LogP contribution in [0.1, 0.15) is 45.0 Å². The predicted molar refractivity (Wildman–Crippen MR) is 117 cm³/mol. The molecule has 1 N–H and O–H groups in total. The number of benzene rings is 1. The second-order valence-corrected chi connectivity index (χ2v) is 8.02. The van der Waals surface area contributed by atoms with Gasteiger partial charge in [0, 0.05) is 31.0 Å². The van der Waals surface area contributed by atoms with Crippen molar-refractivity contribution in [2.75, 3.05) is 38.1 Å². The van der Waals surface area contributed by atoms with Gasteiger partial charge in [-0.1, -0.05) is 26.0 Å². The van der Waals surface area contributed by atoms with E-state index in [1.165, 1.54) is 23.7 Å². The fraction of sp³-hybridized carbons (Fsp3) is 0.571. The summed E-state index contributed by atoms with van der Waals surface area (Å²) in [6.07, 6.45) is 2.58. The van der Waals surface area contributed by atoms with Crippen molar-refractivity contribution in [1.82, 2.24) is 19.6 Å². The third-order valence-electron chi connectivity index (χ3n) is 4.85. The maximum absolute atomic E-state index is 13.0. The lowest BCUT2D eigenvalue weighted by Gasteiger charge is -2.21. The number of nitrogens with zero attached hydrogens (tertiary/aromatic N) is 4. The van der Waals surface area contributed by atoms with Crippen molar-refractivity contribution in [1.29, 1.82) is 0 Å². The van der Waals surface area contributed by atoms with Gasteiger partial charge in [-0.05, 0) is 57.1 Å². The summed E-state index contributed by atoms with van der Waals surface area (Å²) in [5, 5.41) is 3.76. The molecule has 1 atom stereocenters. The summed E-state index contributed by atoms with van der Waals surface area (Å²) in [5.74, 6) is 0.403. The zero-order valence-electron chi connectivity index (χ0n) is 17.8. The van der Waals surface area contributed by atoms with Crippen LogP contribution in [0.25, 0.3) is 0 Å². The van der Waals surface area contributed by atoms with Crippen molar-refractivity contribution in [2.24, 2.45) is 0 Å². The smallest absolute Gasteiger partial charge is 0.239 e. The Morgan fingerprint density at radius 1 is 1.24 bits per heavy atom. The molecule has 1 unspecified atom stereocenters. The van der Waals surface area contributed by atoms with Crippen LogP contribution in [0.5, 0.6) is 0 Å². The molecule has 0 saturated heterocycles. The van der Waals surface area contributed by atoms with E-state index in [0.717, 1.165) is 38.0 Å². The third kappa shape index (κ3) is 8.06. The van der Waals surface area contributed by atoms with Crippen LogP contribution < -0.4 is 10.2 Å². The molecule has 0 fully saturated rings. The zero-order valence-corrected chi connectivity index (χ0v) is 18.6. The maximum atomic E-state index is 13.0. The number of halogens is 1. The van der Waals surface area contributed by atoms with Gasteiger partial charge < -0.3 is 15.1 Å². The Morgan fingerprint density at radius 3 is 2.59 bits per heavy atom. The van der Waals surface area contributed by atoms with Gasteiger partial charge in [-0.25, -0.2) is 9.37 Å². The molecule has 160 valence electrons. The van der Waals surface area contributed by atoms with E-state index in [9.17, 15) is 9.18 Å². The number of aromatic nitrogens is 2. The summed E-state index contributed by atoms with van der Waals surface area (Å²) in [6, 6.07) is 6.48. The largest absolute Gasteiger partial charge is 0.352 e. The molecule has 1 amide bonds. The van der Waals surface area contributed by atoms with Crippen molar-refractivity contribution in [3.8, 4) is 0 Å². The molecule has 1 aromatic heterocycles. The summed E-state index contributed by atoms with van der Waals surface area (Å²) < 4.78 is 17.4. The number of hydrogen-bond acceptors (Lipinski definition) is 6. The van der Waals surface area contributed by atoms with Crippen LogP contribution in [0.15, 0.2) is 24.3 Å². The molecule has 0 saturated carbocycles. The molecule has 0 aliphatic rings. The van der Waals surface area contributed by atoms with Crippen LogP contribution in [0.4, 0.5) is 9.52 Å². The average molecular weight is 422 g/mol. The van der Waals surface area contributed by atoms with Crippen molar-refractivity contribution in [2.45, 2.75) is 46.1 Å². The first kappa shape index (κ1) is 23.2. The number of likely N-dealkylation sites (N-methyl/N-ethyl adjacent to an activating group) is 1. The quantitative estimate of drug-likeness (QED) is 0.570. The first-order chi connectivity index (χ1) is 13.9. The minimum absolute atomic E-state index is 0.0156. The number of amides is 1. The summed E-state index contributed by atoms with van der Waals surface area (Å²) in [6.45, 7) is 9.82. The van der Waals surface area contributed by atoms with Gasteiger partial charge in [-0.3, -0.25) is 4.79 Å². The highest BCUT2D eigenvalue weighted by Crippen LogP contribution is 2.17. The van der Waals surface area contributed by atoms with Gasteiger partial charge in [0.2, 0.25) is 11.0 Å². The predicted octanol–water partition coefficient (Wildman–Crippen LogP) is 3.33. The molecule has 2 rings (SSSR count). The number of nitrogens with one attached hydrogen (secondary N) is 1. The molecule has 8 heteroatoms. The third-order valence-corrected chi connectivity index (χ3v) is 5.72. The second kappa shape index (κ2) is 11.8. The lowest BCUT2D eigenvalue weighted by Crippen LogP contribution is -2.40. The summed E-state index contributed by atoms with van der Waals surface area (Å²) in [5.41, 5.74) is 0.953. The molecule has 6 nitrogen and oxygen atoms in total. The zero-order chi connectivity index (χ0) is 21.2. The van der Waals surface area contributed by atoms with E-state index in [1.807, 2.05) is 18.9 Å². The lowest BCUT2D eigenvalue weighted by atomic mass is 10.1. The average Bonchev–Trinajstić information content (AvgIpc) is 3.15. The molecule has 0 spiro atoms. The molecule has 29 heavy (non-hydrogen) atoms. The van der Waals surface area contributed by atoms with E-state index in [-0.39, 0.29) is 24.3 Å². The van der Waals surface area contributed by atoms with E-state index in [1.54, 1.807) is 12.1 Å². The molecule has 1 heterocycles. The van der Waals surface area contributed by atoms with Crippen LogP contribution in [0.3, 0.4) is 0 Å². The van der Waals surface area contributed by atoms with Crippen molar-refractivity contribution in [3.05, 3.63) is 41.5 Å². The van der Waals surface area contributed by atoms with Gasteiger partial charge in [-0.15, -0.1) is 0 Å². The normalized spacial score (nSPS) is 12.2. The van der Waals surface area contributed by atoms with Gasteiger partial charge in [0.25, 0.3) is 0 Å². The van der Waals surface area contributed by atoms with Crippen LogP contribution >= 0.6 is 11.5 Å². The number of hydrogen-bond donors (Lipinski definition) is 1. The maximum Gasteiger partial charge on any atom is 0.239 e. The molecular weight excluding hydrogens is 389 g/mol. The molecular formula is C21H32FN5OS. The number of carbonyl (C=O) groups is 1. The van der Waals surface area contributed by atoms with E-state index in [4.69, 9.17) is 0 Å². The minimum Gasteiger partial charge on any atom is -0.352 e. The molecule has 0 bridgehead atoms. The Labute approximate surface area is 177 Å². The van der Waals surface area contributed by atoms with Crippen molar-refractivity contribution >= 4 is 22.6 Å². The number of rotatable bonds is 12. The first-order valence-corrected chi connectivity index (χ1v) is 11.0. The Hall–Kier alpha value is -2.06. The fourth-order valence-electron chi connectivity index (χ4n) is 3.09. The second-order valence-electron chi connectivity index (χ2n) is 7.29. The van der Waals surface area contributed by atoms with Crippen LogP contribution in [-0.4, -0.2) is 59.4 Å². The van der Waals surface area contributed by atoms with Gasteiger partial charge >= 0.3 is 0 Å². The van der Waals surface area contributed by atoms with Crippen LogP contribution in [0.2, 0.25) is 0 Å². The molecule has 2 aromatic rings. The SMILES string of the molecule is CCN(CC)CCCC(C)NC(=O)CN(C)c1nc(Cc2ccc(F)cc2)ns1. The minimum atomic E-state index is -0.256. The van der Waals surface area contributed by atoms with Crippen LogP contribution in [0, 0.1) is 5.82 Å². The van der Waals surface area contributed by atoms with Gasteiger partial charge in [0.15, 0.2) is 0 Å². The highest BCUT2D eigenvalue weighted by atomic mass is 32.1. The first-order valence-electron chi connectivity index (χ1n) is 10.2. The summed E-state index contributed by atoms with van der Waals surface area (Å²) >= 11 is 1.27. The number of carbonyl (C=O) groups excluding carboxylic acids is 1. The molecule has 0 radical (unpaired) electrons. The Bertz CT molecular complexity index is 748. The van der Waals surface area contributed by atoms with E-state index in [2.05, 4.69) is 33.4 Å². The lowest BCUT2D eigenvalue weighted by molar-refractivity contribution is -0.120. The van der Waals surface area contributed by atoms with Gasteiger partial charge in [0.1, 0.15) is 11.6 Å². The highest BCUT2D eigenvalue weighted by Gasteiger charge is 2.14. The van der Waals surface area contributed by atoms with Crippen molar-refractivity contribution in [3.63, 3.8) is 0 Å². The molecule has 1 aromatic carbocycles. The topological polar surface area (TPSA) is 61.4 Å². The number of anilines is 1. The van der Waals surface area contributed by atoms with E-state index >= 15 is 0 Å². The Kier molecular flexibility index (Phi) is 9.47. The fourth-order valence-corrected chi connectivity index (χ4v) is 3.74. The van der Waals surface area contributed by atoms with E-state index < -0.39 is 0 Å². The summed E-state index contributed by atoms with van der Waals surface area (Å²) in [7, 11) is 1.84. The van der Waals surface area contributed by atoms with Crippen LogP contribution in [-0.2, 0) is 11.2 Å².